The summed E-state index contributed by atoms with van der Waals surface area (Å²) in [6.07, 6.45) is 3.46. The van der Waals surface area contributed by atoms with Gasteiger partial charge in [0.05, 0.1) is 6.10 Å². The van der Waals surface area contributed by atoms with Crippen LogP contribution in [0, 0.1) is 5.92 Å². The van der Waals surface area contributed by atoms with Crippen LogP contribution in [0.5, 0.6) is 0 Å². The first-order chi connectivity index (χ1) is 9.76. The summed E-state index contributed by atoms with van der Waals surface area (Å²) >= 11 is 0. The predicted molar refractivity (Wildman–Crippen MR) is 82.2 cm³/mol. The molecule has 1 saturated heterocycles. The molecule has 0 aliphatic carbocycles. The molecule has 20 heavy (non-hydrogen) atoms. The van der Waals surface area contributed by atoms with Crippen LogP contribution >= 0.6 is 0 Å². The molecule has 2 N–H and O–H groups in total. The highest BCUT2D eigenvalue weighted by Crippen LogP contribution is 2.24. The number of nitrogens with zero attached hydrogens (tertiary/aromatic N) is 2. The number of anilines is 2. The van der Waals surface area contributed by atoms with E-state index in [1.807, 2.05) is 6.07 Å². The minimum atomic E-state index is 0.392. The lowest BCUT2D eigenvalue weighted by Gasteiger charge is -2.18. The fraction of sp³-hybridized carbons (Fsp3) is 0.733. The van der Waals surface area contributed by atoms with Gasteiger partial charge in [0.15, 0.2) is 0 Å². The smallest absolute Gasteiger partial charge is 0.132 e. The number of aromatic nitrogens is 2. The van der Waals surface area contributed by atoms with Crippen molar-refractivity contribution < 1.29 is 4.74 Å². The number of hydrogen-bond acceptors (Lipinski definition) is 5. The lowest BCUT2D eigenvalue weighted by atomic mass is 10.00. The summed E-state index contributed by atoms with van der Waals surface area (Å²) in [6.45, 7) is 9.01. The van der Waals surface area contributed by atoms with Crippen LogP contribution in [0.3, 0.4) is 0 Å². The monoisotopic (exact) mass is 278 g/mol. The van der Waals surface area contributed by atoms with Crippen LogP contribution in [-0.4, -0.2) is 35.8 Å². The highest BCUT2D eigenvalue weighted by atomic mass is 16.5. The number of ether oxygens (including phenoxy) is 1. The highest BCUT2D eigenvalue weighted by molar-refractivity contribution is 5.47. The van der Waals surface area contributed by atoms with Crippen molar-refractivity contribution >= 4 is 11.6 Å². The molecule has 1 fully saturated rings. The second kappa shape index (κ2) is 7.43. The maximum Gasteiger partial charge on any atom is 0.132 e. The van der Waals surface area contributed by atoms with Crippen molar-refractivity contribution in [3.8, 4) is 0 Å². The maximum absolute atomic E-state index is 5.73. The summed E-state index contributed by atoms with van der Waals surface area (Å²) in [7, 11) is 0. The standard InChI is InChI=1S/C15H26N4O/c1-4-12-11(7-8-20-12)10-17-15-9-14(16-6-3)18-13(5-2)19-15/h9,11-12H,4-8,10H2,1-3H3,(H2,16,17,18,19). The summed E-state index contributed by atoms with van der Waals surface area (Å²) < 4.78 is 5.73. The van der Waals surface area contributed by atoms with Crippen molar-refractivity contribution in [1.82, 2.24) is 9.97 Å². The van der Waals surface area contributed by atoms with Gasteiger partial charge in [0.1, 0.15) is 17.5 Å². The Morgan fingerprint density at radius 2 is 1.95 bits per heavy atom. The Kier molecular flexibility index (Phi) is 5.59. The summed E-state index contributed by atoms with van der Waals surface area (Å²) in [5.41, 5.74) is 0. The molecule has 0 saturated carbocycles. The van der Waals surface area contributed by atoms with Crippen molar-refractivity contribution in [2.45, 2.75) is 46.1 Å². The van der Waals surface area contributed by atoms with Gasteiger partial charge in [-0.1, -0.05) is 13.8 Å². The molecule has 2 heterocycles. The summed E-state index contributed by atoms with van der Waals surface area (Å²) in [5, 5.41) is 6.71. The van der Waals surface area contributed by atoms with Gasteiger partial charge in [-0.05, 0) is 19.8 Å². The Bertz CT molecular complexity index is 424. The molecule has 0 bridgehead atoms. The minimum Gasteiger partial charge on any atom is -0.378 e. The fourth-order valence-corrected chi connectivity index (χ4v) is 2.63. The van der Waals surface area contributed by atoms with E-state index in [1.54, 1.807) is 0 Å². The maximum atomic E-state index is 5.73. The van der Waals surface area contributed by atoms with E-state index in [9.17, 15) is 0 Å². The van der Waals surface area contributed by atoms with Crippen LogP contribution in [0.25, 0.3) is 0 Å². The number of hydrogen-bond donors (Lipinski definition) is 2. The molecule has 1 aliphatic heterocycles. The average Bonchev–Trinajstić information content (AvgIpc) is 2.92. The average molecular weight is 278 g/mol. The van der Waals surface area contributed by atoms with Crippen LogP contribution in [-0.2, 0) is 11.2 Å². The van der Waals surface area contributed by atoms with Crippen LogP contribution in [0.4, 0.5) is 11.6 Å². The molecule has 1 aliphatic rings. The van der Waals surface area contributed by atoms with Crippen molar-refractivity contribution in [1.29, 1.82) is 0 Å². The van der Waals surface area contributed by atoms with Gasteiger partial charge in [-0.2, -0.15) is 0 Å². The third-order valence-electron chi connectivity index (χ3n) is 3.74. The van der Waals surface area contributed by atoms with Crippen molar-refractivity contribution in [3.05, 3.63) is 11.9 Å². The SMILES string of the molecule is CCNc1cc(NCC2CCOC2CC)nc(CC)n1. The predicted octanol–water partition coefficient (Wildman–Crippen LogP) is 2.70. The fourth-order valence-electron chi connectivity index (χ4n) is 2.63. The van der Waals surface area contributed by atoms with Crippen LogP contribution in [0.1, 0.15) is 39.4 Å². The zero-order valence-electron chi connectivity index (χ0n) is 12.8. The molecule has 5 heteroatoms. The first kappa shape index (κ1) is 15.0. The third-order valence-corrected chi connectivity index (χ3v) is 3.74. The van der Waals surface area contributed by atoms with E-state index in [4.69, 9.17) is 4.74 Å². The van der Waals surface area contributed by atoms with Crippen molar-refractivity contribution in [3.63, 3.8) is 0 Å². The summed E-state index contributed by atoms with van der Waals surface area (Å²) in [6, 6.07) is 1.99. The van der Waals surface area contributed by atoms with Gasteiger partial charge in [0, 0.05) is 38.1 Å². The molecule has 0 radical (unpaired) electrons. The van der Waals surface area contributed by atoms with Gasteiger partial charge >= 0.3 is 0 Å². The molecular weight excluding hydrogens is 252 g/mol. The largest absolute Gasteiger partial charge is 0.378 e. The molecule has 0 spiro atoms. The summed E-state index contributed by atoms with van der Waals surface area (Å²) in [4.78, 5) is 9.01. The Balaban J connectivity index is 1.99. The van der Waals surface area contributed by atoms with Gasteiger partial charge in [-0.15, -0.1) is 0 Å². The Morgan fingerprint density at radius 1 is 1.20 bits per heavy atom. The second-order valence-corrected chi connectivity index (χ2v) is 5.19. The Hall–Kier alpha value is -1.36. The number of rotatable bonds is 7. The molecule has 5 nitrogen and oxygen atoms in total. The van der Waals surface area contributed by atoms with E-state index in [1.165, 1.54) is 0 Å². The van der Waals surface area contributed by atoms with Crippen LogP contribution < -0.4 is 10.6 Å². The highest BCUT2D eigenvalue weighted by Gasteiger charge is 2.26. The van der Waals surface area contributed by atoms with Crippen molar-refractivity contribution in [2.75, 3.05) is 30.3 Å². The molecular formula is C15H26N4O. The van der Waals surface area contributed by atoms with Crippen LogP contribution in [0.2, 0.25) is 0 Å². The van der Waals surface area contributed by atoms with Gasteiger partial charge in [-0.3, -0.25) is 0 Å². The lowest BCUT2D eigenvalue weighted by Crippen LogP contribution is -2.23. The summed E-state index contributed by atoms with van der Waals surface area (Å²) in [5.74, 6) is 3.27. The number of nitrogens with one attached hydrogen (secondary N) is 2. The zero-order valence-corrected chi connectivity index (χ0v) is 12.8. The molecule has 0 aromatic carbocycles. The molecule has 1 aromatic rings. The quantitative estimate of drug-likeness (QED) is 0.803. The minimum absolute atomic E-state index is 0.392. The van der Waals surface area contributed by atoms with Gasteiger partial charge in [0.2, 0.25) is 0 Å². The van der Waals surface area contributed by atoms with E-state index < -0.39 is 0 Å². The third kappa shape index (κ3) is 3.82. The van der Waals surface area contributed by atoms with Crippen LogP contribution in [0.15, 0.2) is 6.07 Å². The molecule has 2 unspecified atom stereocenters. The molecule has 0 amide bonds. The molecule has 112 valence electrons. The van der Waals surface area contributed by atoms with Gasteiger partial charge < -0.3 is 15.4 Å². The van der Waals surface area contributed by atoms with Crippen molar-refractivity contribution in [2.24, 2.45) is 5.92 Å². The molecule has 1 aromatic heterocycles. The topological polar surface area (TPSA) is 59.1 Å². The van der Waals surface area contributed by atoms with E-state index >= 15 is 0 Å². The number of aryl methyl sites for hydroxylation is 1. The van der Waals surface area contributed by atoms with Gasteiger partial charge in [0.25, 0.3) is 0 Å². The molecule has 2 rings (SSSR count). The normalized spacial score (nSPS) is 21.9. The first-order valence-electron chi connectivity index (χ1n) is 7.74. The lowest BCUT2D eigenvalue weighted by molar-refractivity contribution is 0.0900. The Labute approximate surface area is 121 Å². The second-order valence-electron chi connectivity index (χ2n) is 5.19. The van der Waals surface area contributed by atoms with E-state index in [0.717, 1.165) is 56.4 Å². The Morgan fingerprint density at radius 3 is 2.60 bits per heavy atom. The first-order valence-corrected chi connectivity index (χ1v) is 7.74. The molecule has 2 atom stereocenters. The van der Waals surface area contributed by atoms with E-state index in [0.29, 0.717) is 12.0 Å². The zero-order chi connectivity index (χ0) is 14.4. The van der Waals surface area contributed by atoms with E-state index in [-0.39, 0.29) is 0 Å². The van der Waals surface area contributed by atoms with E-state index in [2.05, 4.69) is 41.4 Å². The van der Waals surface area contributed by atoms with Gasteiger partial charge in [-0.25, -0.2) is 9.97 Å².